The molecule has 0 fully saturated rings. The van der Waals surface area contributed by atoms with Crippen molar-refractivity contribution in [1.29, 1.82) is 0 Å². The SMILES string of the molecule is C=CCNC(=O)c1csc(COc2ccc3c(c2)C(c2cccc(F)c2)N(C(C)=O)CC3)n1. The number of fused-ring (bicyclic) bond motifs is 1. The number of halogens is 1. The third kappa shape index (κ3) is 5.12. The lowest BCUT2D eigenvalue weighted by Gasteiger charge is -2.37. The molecule has 0 aliphatic carbocycles. The Balaban J connectivity index is 1.56. The molecule has 0 spiro atoms. The number of benzene rings is 2. The van der Waals surface area contributed by atoms with Crippen LogP contribution in [0.15, 0.2) is 60.5 Å². The number of carbonyl (C=O) groups excluding carboxylic acids is 2. The minimum Gasteiger partial charge on any atom is -0.486 e. The highest BCUT2D eigenvalue weighted by Crippen LogP contribution is 2.37. The molecule has 1 aromatic heterocycles. The minimum absolute atomic E-state index is 0.0636. The van der Waals surface area contributed by atoms with Crippen LogP contribution < -0.4 is 10.1 Å². The molecule has 4 rings (SSSR count). The van der Waals surface area contributed by atoms with Crippen LogP contribution in [0.25, 0.3) is 0 Å². The van der Waals surface area contributed by atoms with Gasteiger partial charge >= 0.3 is 0 Å². The number of thiazole rings is 1. The molecule has 1 N–H and O–H groups in total. The summed E-state index contributed by atoms with van der Waals surface area (Å²) >= 11 is 1.35. The van der Waals surface area contributed by atoms with Crippen molar-refractivity contribution in [2.24, 2.45) is 0 Å². The number of ether oxygens (including phenoxy) is 1. The maximum absolute atomic E-state index is 14.0. The van der Waals surface area contributed by atoms with Gasteiger partial charge in [0.1, 0.15) is 28.9 Å². The zero-order valence-electron chi connectivity index (χ0n) is 18.2. The van der Waals surface area contributed by atoms with Crippen LogP contribution in [0, 0.1) is 5.82 Å². The molecule has 0 radical (unpaired) electrons. The van der Waals surface area contributed by atoms with Gasteiger partial charge in [-0.3, -0.25) is 9.59 Å². The topological polar surface area (TPSA) is 71.5 Å². The Bertz CT molecular complexity index is 1190. The number of amides is 2. The van der Waals surface area contributed by atoms with Gasteiger partial charge in [0.25, 0.3) is 5.91 Å². The van der Waals surface area contributed by atoms with Crippen molar-refractivity contribution in [1.82, 2.24) is 15.2 Å². The number of nitrogens with zero attached hydrogens (tertiary/aromatic N) is 2. The number of hydrogen-bond acceptors (Lipinski definition) is 5. The van der Waals surface area contributed by atoms with Crippen LogP contribution in [0.2, 0.25) is 0 Å². The molecule has 6 nitrogen and oxygen atoms in total. The van der Waals surface area contributed by atoms with Gasteiger partial charge in [0.15, 0.2) is 0 Å². The van der Waals surface area contributed by atoms with Crippen molar-refractivity contribution in [3.8, 4) is 5.75 Å². The zero-order chi connectivity index (χ0) is 23.4. The molecule has 2 amide bonds. The Morgan fingerprint density at radius 2 is 2.18 bits per heavy atom. The summed E-state index contributed by atoms with van der Waals surface area (Å²) in [6, 6.07) is 11.8. The van der Waals surface area contributed by atoms with Crippen molar-refractivity contribution >= 4 is 23.2 Å². The summed E-state index contributed by atoms with van der Waals surface area (Å²) < 4.78 is 19.9. The molecule has 1 unspecified atom stereocenters. The second-order valence-corrected chi connectivity index (χ2v) is 8.64. The van der Waals surface area contributed by atoms with E-state index in [0.717, 1.165) is 23.1 Å². The first-order valence-corrected chi connectivity index (χ1v) is 11.5. The van der Waals surface area contributed by atoms with E-state index in [9.17, 15) is 14.0 Å². The summed E-state index contributed by atoms with van der Waals surface area (Å²) in [4.78, 5) is 30.5. The van der Waals surface area contributed by atoms with Crippen LogP contribution in [0.1, 0.15) is 45.2 Å². The Labute approximate surface area is 195 Å². The molecule has 0 bridgehead atoms. The first-order chi connectivity index (χ1) is 16.0. The van der Waals surface area contributed by atoms with Gasteiger partial charge in [0, 0.05) is 25.4 Å². The van der Waals surface area contributed by atoms with E-state index in [2.05, 4.69) is 16.9 Å². The van der Waals surface area contributed by atoms with E-state index in [1.807, 2.05) is 24.3 Å². The normalized spacial score (nSPS) is 15.0. The second-order valence-electron chi connectivity index (χ2n) is 7.69. The molecule has 8 heteroatoms. The Hall–Kier alpha value is -3.52. The Kier molecular flexibility index (Phi) is 6.84. The smallest absolute Gasteiger partial charge is 0.271 e. The maximum atomic E-state index is 14.0. The number of rotatable bonds is 7. The first-order valence-electron chi connectivity index (χ1n) is 10.6. The number of nitrogens with one attached hydrogen (secondary N) is 1. The van der Waals surface area contributed by atoms with E-state index in [1.165, 1.54) is 30.4 Å². The summed E-state index contributed by atoms with van der Waals surface area (Å²) in [6.45, 7) is 6.26. The van der Waals surface area contributed by atoms with Crippen molar-refractivity contribution < 1.29 is 18.7 Å². The highest BCUT2D eigenvalue weighted by molar-refractivity contribution is 7.09. The third-order valence-electron chi connectivity index (χ3n) is 5.47. The summed E-state index contributed by atoms with van der Waals surface area (Å²) in [5, 5.41) is 5.05. The van der Waals surface area contributed by atoms with Crippen molar-refractivity contribution in [2.45, 2.75) is 26.0 Å². The molecule has 1 atom stereocenters. The monoisotopic (exact) mass is 465 g/mol. The summed E-state index contributed by atoms with van der Waals surface area (Å²) in [7, 11) is 0. The van der Waals surface area contributed by atoms with Gasteiger partial charge in [-0.05, 0) is 47.4 Å². The van der Waals surface area contributed by atoms with Gasteiger partial charge in [-0.15, -0.1) is 17.9 Å². The second kappa shape index (κ2) is 9.95. The van der Waals surface area contributed by atoms with Gasteiger partial charge in [0.05, 0.1) is 6.04 Å². The predicted octanol–water partition coefficient (Wildman–Crippen LogP) is 4.27. The van der Waals surface area contributed by atoms with E-state index in [-0.39, 0.29) is 30.3 Å². The molecular formula is C25H24FN3O3S. The summed E-state index contributed by atoms with van der Waals surface area (Å²) in [5.74, 6) is -0.0413. The average molecular weight is 466 g/mol. The fourth-order valence-electron chi connectivity index (χ4n) is 3.94. The molecule has 2 aromatic carbocycles. The summed E-state index contributed by atoms with van der Waals surface area (Å²) in [6.07, 6.45) is 2.32. The van der Waals surface area contributed by atoms with Crippen LogP contribution in [0.5, 0.6) is 5.75 Å². The fourth-order valence-corrected chi connectivity index (χ4v) is 4.63. The molecule has 3 aromatic rings. The van der Waals surface area contributed by atoms with Crippen LogP contribution in [0.3, 0.4) is 0 Å². The molecule has 33 heavy (non-hydrogen) atoms. The standard InChI is InChI=1S/C25H24FN3O3S/c1-3-10-27-25(31)22-15-33-23(28-22)14-32-20-8-7-17-9-11-29(16(2)30)24(21(17)13-20)18-5-4-6-19(26)12-18/h3-8,12-13,15,24H,1,9-11,14H2,2H3,(H,27,31). The number of aromatic nitrogens is 1. The highest BCUT2D eigenvalue weighted by Gasteiger charge is 2.31. The molecule has 1 aliphatic heterocycles. The van der Waals surface area contributed by atoms with Crippen molar-refractivity contribution in [2.75, 3.05) is 13.1 Å². The van der Waals surface area contributed by atoms with E-state index in [4.69, 9.17) is 4.74 Å². The molecule has 1 aliphatic rings. The van der Waals surface area contributed by atoms with Crippen LogP contribution in [-0.2, 0) is 17.8 Å². The summed E-state index contributed by atoms with van der Waals surface area (Å²) in [5.41, 5.74) is 3.08. The zero-order valence-corrected chi connectivity index (χ0v) is 19.0. The maximum Gasteiger partial charge on any atom is 0.271 e. The van der Waals surface area contributed by atoms with E-state index < -0.39 is 0 Å². The molecule has 0 saturated heterocycles. The molecular weight excluding hydrogens is 441 g/mol. The van der Waals surface area contributed by atoms with Gasteiger partial charge in [-0.25, -0.2) is 9.37 Å². The van der Waals surface area contributed by atoms with Crippen molar-refractivity contribution in [3.05, 3.63) is 93.7 Å². The lowest BCUT2D eigenvalue weighted by atomic mass is 9.88. The predicted molar refractivity (Wildman–Crippen MR) is 125 cm³/mol. The molecule has 0 saturated carbocycles. The lowest BCUT2D eigenvalue weighted by Crippen LogP contribution is -2.39. The van der Waals surface area contributed by atoms with Gasteiger partial charge in [-0.2, -0.15) is 0 Å². The average Bonchev–Trinajstić information content (AvgIpc) is 3.29. The van der Waals surface area contributed by atoms with Crippen LogP contribution in [-0.4, -0.2) is 34.8 Å². The Morgan fingerprint density at radius 3 is 2.94 bits per heavy atom. The van der Waals surface area contributed by atoms with Gasteiger partial charge < -0.3 is 15.0 Å². The van der Waals surface area contributed by atoms with Crippen LogP contribution in [0.4, 0.5) is 4.39 Å². The highest BCUT2D eigenvalue weighted by atomic mass is 32.1. The minimum atomic E-state index is -0.384. The van der Waals surface area contributed by atoms with Gasteiger partial charge in [0.2, 0.25) is 5.91 Å². The third-order valence-corrected chi connectivity index (χ3v) is 6.29. The Morgan fingerprint density at radius 1 is 1.33 bits per heavy atom. The largest absolute Gasteiger partial charge is 0.486 e. The van der Waals surface area contributed by atoms with Gasteiger partial charge in [-0.1, -0.05) is 24.3 Å². The quantitative estimate of drug-likeness (QED) is 0.529. The van der Waals surface area contributed by atoms with E-state index >= 15 is 0 Å². The van der Waals surface area contributed by atoms with Crippen LogP contribution >= 0.6 is 11.3 Å². The number of hydrogen-bond donors (Lipinski definition) is 1. The first kappa shape index (κ1) is 22.7. The van der Waals surface area contributed by atoms with E-state index in [0.29, 0.717) is 29.5 Å². The lowest BCUT2D eigenvalue weighted by molar-refractivity contribution is -0.130. The number of carbonyl (C=O) groups is 2. The molecule has 2 heterocycles. The fraction of sp³-hybridized carbons (Fsp3) is 0.240. The van der Waals surface area contributed by atoms with Crippen molar-refractivity contribution in [3.63, 3.8) is 0 Å². The van der Waals surface area contributed by atoms with E-state index in [1.54, 1.807) is 22.4 Å². The molecule has 170 valence electrons.